The van der Waals surface area contributed by atoms with Crippen molar-refractivity contribution in [3.05, 3.63) is 48.6 Å². The average Bonchev–Trinajstić information content (AvgIpc) is 2.53. The van der Waals surface area contributed by atoms with Crippen molar-refractivity contribution >= 4 is 11.9 Å². The van der Waals surface area contributed by atoms with E-state index in [0.717, 1.165) is 5.56 Å². The number of Topliss-reactive ketones (excluding diaryl/α,β-unsaturated/α-hetero) is 1. The summed E-state index contributed by atoms with van der Waals surface area (Å²) in [6.07, 6.45) is 2.08. The molecule has 0 atom stereocenters. The maximum atomic E-state index is 12.1. The number of amides is 1. The van der Waals surface area contributed by atoms with E-state index in [1.807, 2.05) is 30.3 Å². The van der Waals surface area contributed by atoms with Crippen LogP contribution in [-0.2, 0) is 20.9 Å². The first kappa shape index (κ1) is 20.9. The van der Waals surface area contributed by atoms with Crippen LogP contribution < -0.4 is 0 Å². The minimum absolute atomic E-state index is 0.0176. The predicted molar refractivity (Wildman–Crippen MR) is 98.3 cm³/mol. The third-order valence-corrected chi connectivity index (χ3v) is 3.22. The van der Waals surface area contributed by atoms with Crippen molar-refractivity contribution < 1.29 is 19.1 Å². The lowest BCUT2D eigenvalue weighted by atomic mass is 10.2. The Morgan fingerprint density at radius 2 is 1.88 bits per heavy atom. The maximum absolute atomic E-state index is 12.1. The summed E-state index contributed by atoms with van der Waals surface area (Å²) < 4.78 is 10.9. The molecule has 0 N–H and O–H groups in total. The predicted octanol–water partition coefficient (Wildman–Crippen LogP) is 3.98. The summed E-state index contributed by atoms with van der Waals surface area (Å²) in [5, 5.41) is 0. The summed E-state index contributed by atoms with van der Waals surface area (Å²) in [5.41, 5.74) is 0.515. The topological polar surface area (TPSA) is 55.8 Å². The highest BCUT2D eigenvalue weighted by molar-refractivity contribution is 5.84. The molecule has 0 radical (unpaired) electrons. The van der Waals surface area contributed by atoms with E-state index in [2.05, 4.69) is 6.58 Å². The molecule has 0 aromatic heterocycles. The Kier molecular flexibility index (Phi) is 8.92. The van der Waals surface area contributed by atoms with E-state index in [9.17, 15) is 9.59 Å². The summed E-state index contributed by atoms with van der Waals surface area (Å²) in [6.45, 7) is 10.4. The summed E-state index contributed by atoms with van der Waals surface area (Å²) in [7, 11) is 0. The fourth-order valence-corrected chi connectivity index (χ4v) is 2.11. The van der Waals surface area contributed by atoms with Crippen molar-refractivity contribution in [3.8, 4) is 0 Å². The van der Waals surface area contributed by atoms with E-state index < -0.39 is 11.7 Å². The zero-order valence-corrected chi connectivity index (χ0v) is 15.5. The van der Waals surface area contributed by atoms with E-state index in [1.165, 1.54) is 4.90 Å². The average molecular weight is 347 g/mol. The van der Waals surface area contributed by atoms with Crippen molar-refractivity contribution in [2.75, 3.05) is 19.7 Å². The van der Waals surface area contributed by atoms with Crippen LogP contribution >= 0.6 is 0 Å². The molecule has 0 spiro atoms. The summed E-state index contributed by atoms with van der Waals surface area (Å²) in [4.78, 5) is 25.6. The van der Waals surface area contributed by atoms with Crippen LogP contribution in [0.2, 0.25) is 0 Å². The maximum Gasteiger partial charge on any atom is 0.410 e. The zero-order valence-electron chi connectivity index (χ0n) is 15.5. The summed E-state index contributed by atoms with van der Waals surface area (Å²) in [6, 6.07) is 9.89. The minimum atomic E-state index is -0.592. The fraction of sp³-hybridized carbons (Fsp3) is 0.500. The molecule has 1 aromatic carbocycles. The smallest absolute Gasteiger partial charge is 0.410 e. The molecule has 1 rings (SSSR count). The van der Waals surface area contributed by atoms with Crippen LogP contribution in [0.15, 0.2) is 43.0 Å². The molecule has 0 aliphatic rings. The van der Waals surface area contributed by atoms with Crippen LogP contribution in [0.5, 0.6) is 0 Å². The lowest BCUT2D eigenvalue weighted by molar-refractivity contribution is -0.120. The van der Waals surface area contributed by atoms with Crippen molar-refractivity contribution in [1.29, 1.82) is 0 Å². The van der Waals surface area contributed by atoms with Crippen LogP contribution in [0.1, 0.15) is 39.2 Å². The minimum Gasteiger partial charge on any atom is -0.444 e. The lowest BCUT2D eigenvalue weighted by Crippen LogP contribution is -2.39. The van der Waals surface area contributed by atoms with Gasteiger partial charge in [0.15, 0.2) is 5.78 Å². The lowest BCUT2D eigenvalue weighted by Gasteiger charge is -2.26. The van der Waals surface area contributed by atoms with Gasteiger partial charge in [0.05, 0.1) is 13.2 Å². The number of benzene rings is 1. The van der Waals surface area contributed by atoms with Crippen LogP contribution in [0.4, 0.5) is 4.79 Å². The van der Waals surface area contributed by atoms with Crippen LogP contribution in [0, 0.1) is 0 Å². The van der Waals surface area contributed by atoms with Gasteiger partial charge < -0.3 is 9.47 Å². The van der Waals surface area contributed by atoms with Crippen molar-refractivity contribution in [2.24, 2.45) is 0 Å². The Labute approximate surface area is 150 Å². The number of ether oxygens (including phenoxy) is 2. The third-order valence-electron chi connectivity index (χ3n) is 3.22. The molecule has 1 aromatic rings. The second kappa shape index (κ2) is 10.7. The summed E-state index contributed by atoms with van der Waals surface area (Å²) in [5.74, 6) is -0.0176. The molecule has 0 saturated heterocycles. The molecule has 0 fully saturated rings. The molecule has 138 valence electrons. The molecular formula is C20H29NO4. The van der Waals surface area contributed by atoms with Gasteiger partial charge in [-0.1, -0.05) is 36.4 Å². The highest BCUT2D eigenvalue weighted by Gasteiger charge is 2.22. The monoisotopic (exact) mass is 347 g/mol. The molecule has 5 heteroatoms. The Hall–Kier alpha value is -2.14. The van der Waals surface area contributed by atoms with Crippen molar-refractivity contribution in [3.63, 3.8) is 0 Å². The molecule has 0 aliphatic carbocycles. The third kappa shape index (κ3) is 9.67. The highest BCUT2D eigenvalue weighted by Crippen LogP contribution is 2.10. The van der Waals surface area contributed by atoms with E-state index in [-0.39, 0.29) is 18.9 Å². The Bertz CT molecular complexity index is 549. The molecule has 0 aliphatic heterocycles. The summed E-state index contributed by atoms with van der Waals surface area (Å²) >= 11 is 0. The second-order valence-electron chi connectivity index (χ2n) is 6.83. The number of hydrogen-bond acceptors (Lipinski definition) is 4. The van der Waals surface area contributed by atoms with E-state index >= 15 is 0 Å². The van der Waals surface area contributed by atoms with Gasteiger partial charge in [0.1, 0.15) is 5.60 Å². The first-order valence-corrected chi connectivity index (χ1v) is 8.54. The standard InChI is InChI=1S/C20H29NO4/c1-5-13-21(19(23)25-20(2,3)4)15-18(22)12-9-14-24-16-17-10-7-6-8-11-17/h5-8,10-11H,1,9,12-16H2,2-4H3. The van der Waals surface area contributed by atoms with Gasteiger partial charge in [-0.3, -0.25) is 9.69 Å². The van der Waals surface area contributed by atoms with Crippen molar-refractivity contribution in [2.45, 2.75) is 45.8 Å². The second-order valence-corrected chi connectivity index (χ2v) is 6.83. The van der Waals surface area contributed by atoms with Crippen LogP contribution in [-0.4, -0.2) is 42.1 Å². The Morgan fingerprint density at radius 1 is 1.20 bits per heavy atom. The number of hydrogen-bond donors (Lipinski definition) is 0. The molecular weight excluding hydrogens is 318 g/mol. The fourth-order valence-electron chi connectivity index (χ4n) is 2.11. The number of carbonyl (C=O) groups excluding carboxylic acids is 2. The molecule has 1 amide bonds. The SMILES string of the molecule is C=CCN(CC(=O)CCCOCc1ccccc1)C(=O)OC(C)(C)C. The molecule has 5 nitrogen and oxygen atoms in total. The number of carbonyl (C=O) groups is 2. The number of nitrogens with zero attached hydrogens (tertiary/aromatic N) is 1. The Morgan fingerprint density at radius 3 is 2.48 bits per heavy atom. The number of ketones is 1. The van der Waals surface area contributed by atoms with Crippen molar-refractivity contribution in [1.82, 2.24) is 4.90 Å². The molecule has 0 heterocycles. The van der Waals surface area contributed by atoms with Gasteiger partial charge in [-0.15, -0.1) is 6.58 Å². The van der Waals surface area contributed by atoms with Gasteiger partial charge in [-0.25, -0.2) is 4.79 Å². The van der Waals surface area contributed by atoms with Gasteiger partial charge in [0.2, 0.25) is 0 Å². The molecule has 0 unspecified atom stereocenters. The van der Waals surface area contributed by atoms with Gasteiger partial charge in [-0.2, -0.15) is 0 Å². The van der Waals surface area contributed by atoms with Gasteiger partial charge in [0.25, 0.3) is 0 Å². The van der Waals surface area contributed by atoms with Gasteiger partial charge in [0, 0.05) is 19.6 Å². The largest absolute Gasteiger partial charge is 0.444 e. The van der Waals surface area contributed by atoms with E-state index in [4.69, 9.17) is 9.47 Å². The van der Waals surface area contributed by atoms with Gasteiger partial charge in [-0.05, 0) is 32.8 Å². The van der Waals surface area contributed by atoms with Crippen LogP contribution in [0.3, 0.4) is 0 Å². The first-order chi connectivity index (χ1) is 11.8. The first-order valence-electron chi connectivity index (χ1n) is 8.54. The van der Waals surface area contributed by atoms with Gasteiger partial charge >= 0.3 is 6.09 Å². The zero-order chi connectivity index (χ0) is 18.7. The van der Waals surface area contributed by atoms with E-state index in [1.54, 1.807) is 26.8 Å². The quantitative estimate of drug-likeness (QED) is 0.474. The van der Waals surface area contributed by atoms with Crippen LogP contribution in [0.25, 0.3) is 0 Å². The number of rotatable bonds is 10. The highest BCUT2D eigenvalue weighted by atomic mass is 16.6. The normalized spacial score (nSPS) is 11.0. The molecule has 0 bridgehead atoms. The molecule has 0 saturated carbocycles. The molecule has 25 heavy (non-hydrogen) atoms. The van der Waals surface area contributed by atoms with E-state index in [0.29, 0.717) is 26.1 Å². The Balaban J connectivity index is 2.30.